The van der Waals surface area contributed by atoms with Gasteiger partial charge in [0.2, 0.25) is 0 Å². The lowest BCUT2D eigenvalue weighted by Gasteiger charge is -2.32. The molecule has 2 atom stereocenters. The molecule has 2 aliphatic rings. The summed E-state index contributed by atoms with van der Waals surface area (Å²) < 4.78 is 11.5. The molecule has 2 aliphatic heterocycles. The number of likely N-dealkylation sites (tertiary alicyclic amines) is 1. The van der Waals surface area contributed by atoms with Crippen LogP contribution in [0, 0.1) is 0 Å². The number of hydrogen-bond donors (Lipinski definition) is 2. The molecule has 0 radical (unpaired) electrons. The quantitative estimate of drug-likeness (QED) is 0.182. The number of nitrogens with one attached hydrogen (secondary N) is 2. The van der Waals surface area contributed by atoms with E-state index in [9.17, 15) is 9.59 Å². The Balaban J connectivity index is 1.04. The molecular weight excluding hydrogens is 652 g/mol. The topological polar surface area (TPSA) is 116 Å². The molecule has 1 saturated heterocycles. The van der Waals surface area contributed by atoms with Crippen molar-refractivity contribution in [3.63, 3.8) is 0 Å². The number of nitrogens with zero attached hydrogens (tertiary/aromatic N) is 4. The maximum atomic E-state index is 13.5. The number of carbonyl (C=O) groups excluding carboxylic acids is 2. The smallest absolute Gasteiger partial charge is 0.414 e. The Bertz CT molecular complexity index is 2070. The third-order valence-corrected chi connectivity index (χ3v) is 9.22. The van der Waals surface area contributed by atoms with Crippen molar-refractivity contribution in [1.82, 2.24) is 29.7 Å². The Morgan fingerprint density at radius 2 is 1.21 bits per heavy atom. The standard InChI is InChI=1S/C42H46N6O4/c1-41(2,3)51-39(49)47-24-10-13-35(47)37-43-25-32(45-37)29-18-14-27(15-19-29)28-16-20-30(21-17-28)33-26-44-38(46-33)36-23-22-34(31-11-8-7-9-12-31)48(36)40(50)52-42(4,5)6/h7-9,11-21,25-26,34,36H,10,22-24H2,1-6H3,(H,43,45)(H,44,46)/t34-,36+/m1/s1. The Labute approximate surface area is 304 Å². The molecule has 52 heavy (non-hydrogen) atoms. The van der Waals surface area contributed by atoms with E-state index >= 15 is 0 Å². The van der Waals surface area contributed by atoms with Crippen LogP contribution >= 0.6 is 0 Å². The predicted molar refractivity (Wildman–Crippen MR) is 202 cm³/mol. The molecule has 10 nitrogen and oxygen atoms in total. The van der Waals surface area contributed by atoms with E-state index in [1.54, 1.807) is 11.1 Å². The minimum atomic E-state index is -0.607. The molecule has 4 heterocycles. The first-order valence-electron chi connectivity index (χ1n) is 17.9. The van der Waals surface area contributed by atoms with Crippen LogP contribution in [0.2, 0.25) is 0 Å². The number of aromatic nitrogens is 4. The van der Waals surface area contributed by atoms with E-state index in [0.29, 0.717) is 12.4 Å². The average molecular weight is 699 g/mol. The van der Waals surface area contributed by atoms with E-state index in [1.165, 1.54) is 0 Å². The van der Waals surface area contributed by atoms with E-state index in [1.807, 2.05) is 76.9 Å². The molecule has 268 valence electrons. The van der Waals surface area contributed by atoms with Gasteiger partial charge in [0.1, 0.15) is 17.0 Å². The number of hydrogen-bond acceptors (Lipinski definition) is 6. The second-order valence-electron chi connectivity index (χ2n) is 15.4. The van der Waals surface area contributed by atoms with Gasteiger partial charge in [-0.15, -0.1) is 0 Å². The molecule has 0 saturated carbocycles. The fourth-order valence-electron chi connectivity index (χ4n) is 6.88. The number of carbonyl (C=O) groups is 2. The van der Waals surface area contributed by atoms with Gasteiger partial charge in [-0.2, -0.15) is 0 Å². The summed E-state index contributed by atoms with van der Waals surface area (Å²) in [5, 5.41) is 0. The molecule has 1 fully saturated rings. The Hall–Kier alpha value is -5.64. The van der Waals surface area contributed by atoms with Crippen LogP contribution in [-0.2, 0) is 9.47 Å². The summed E-state index contributed by atoms with van der Waals surface area (Å²) in [6, 6.07) is 26.5. The lowest BCUT2D eigenvalue weighted by Crippen LogP contribution is -2.38. The van der Waals surface area contributed by atoms with Crippen LogP contribution in [0.1, 0.15) is 90.1 Å². The van der Waals surface area contributed by atoms with E-state index in [2.05, 4.69) is 75.6 Å². The minimum absolute atomic E-state index is 0.0881. The van der Waals surface area contributed by atoms with Crippen molar-refractivity contribution in [3.8, 4) is 33.6 Å². The molecule has 0 spiro atoms. The van der Waals surface area contributed by atoms with Crippen LogP contribution in [0.4, 0.5) is 9.59 Å². The summed E-state index contributed by atoms with van der Waals surface area (Å²) in [5.41, 5.74) is 6.58. The normalized spacial score (nSPS) is 17.7. The third kappa shape index (κ3) is 7.51. The zero-order valence-electron chi connectivity index (χ0n) is 30.6. The number of ether oxygens (including phenoxy) is 2. The highest BCUT2D eigenvalue weighted by Gasteiger charge is 2.42. The van der Waals surface area contributed by atoms with Gasteiger partial charge in [0.25, 0.3) is 0 Å². The first-order chi connectivity index (χ1) is 24.8. The SMILES string of the molecule is CC(C)(C)OC(=O)N1CCC=C1c1ncc(-c2ccc(-c3ccc(-c4cnc([C@@H]5CC[C@H](c6ccccc6)N5C(=O)OC(C)(C)C)[nH]4)cc3)cc2)[nH]1. The van der Waals surface area contributed by atoms with Crippen molar-refractivity contribution < 1.29 is 19.1 Å². The van der Waals surface area contributed by atoms with Crippen LogP contribution < -0.4 is 0 Å². The van der Waals surface area contributed by atoms with Crippen molar-refractivity contribution >= 4 is 17.9 Å². The van der Waals surface area contributed by atoms with Crippen LogP contribution in [-0.4, -0.2) is 59.7 Å². The third-order valence-electron chi connectivity index (χ3n) is 9.22. The molecule has 0 unspecified atom stereocenters. The minimum Gasteiger partial charge on any atom is -0.444 e. The largest absolute Gasteiger partial charge is 0.444 e. The van der Waals surface area contributed by atoms with Crippen molar-refractivity contribution in [3.05, 3.63) is 115 Å². The van der Waals surface area contributed by atoms with E-state index < -0.39 is 11.2 Å². The lowest BCUT2D eigenvalue weighted by atomic mass is 10.0. The Morgan fingerprint density at radius 3 is 1.83 bits per heavy atom. The fraction of sp³-hybridized carbons (Fsp3) is 0.333. The van der Waals surface area contributed by atoms with Gasteiger partial charge in [0, 0.05) is 6.54 Å². The summed E-state index contributed by atoms with van der Waals surface area (Å²) >= 11 is 0. The Morgan fingerprint density at radius 1 is 0.673 bits per heavy atom. The van der Waals surface area contributed by atoms with Gasteiger partial charge in [-0.25, -0.2) is 19.6 Å². The molecule has 3 aromatic carbocycles. The highest BCUT2D eigenvalue weighted by atomic mass is 16.6. The van der Waals surface area contributed by atoms with Gasteiger partial charge in [0.15, 0.2) is 5.82 Å². The van der Waals surface area contributed by atoms with E-state index in [4.69, 9.17) is 14.5 Å². The summed E-state index contributed by atoms with van der Waals surface area (Å²) in [4.78, 5) is 46.1. The number of imidazole rings is 2. The number of H-pyrrole nitrogens is 2. The van der Waals surface area contributed by atoms with Gasteiger partial charge in [-0.3, -0.25) is 9.80 Å². The molecule has 10 heteroatoms. The van der Waals surface area contributed by atoms with Gasteiger partial charge < -0.3 is 19.4 Å². The first-order valence-corrected chi connectivity index (χ1v) is 17.9. The second-order valence-corrected chi connectivity index (χ2v) is 15.4. The lowest BCUT2D eigenvalue weighted by molar-refractivity contribution is 0.0134. The van der Waals surface area contributed by atoms with Crippen molar-refractivity contribution in [2.45, 2.75) is 84.1 Å². The molecular formula is C42H46N6O4. The zero-order valence-corrected chi connectivity index (χ0v) is 30.6. The van der Waals surface area contributed by atoms with E-state index in [-0.39, 0.29) is 24.3 Å². The van der Waals surface area contributed by atoms with Gasteiger partial charge in [0.05, 0.1) is 41.6 Å². The summed E-state index contributed by atoms with van der Waals surface area (Å²) in [6.45, 7) is 11.8. The number of benzene rings is 3. The van der Waals surface area contributed by atoms with Gasteiger partial charge in [-0.1, -0.05) is 84.9 Å². The van der Waals surface area contributed by atoms with Crippen molar-refractivity contribution in [2.75, 3.05) is 6.54 Å². The number of aromatic amines is 2. The van der Waals surface area contributed by atoms with Crippen LogP contribution in [0.5, 0.6) is 0 Å². The predicted octanol–water partition coefficient (Wildman–Crippen LogP) is 9.93. The zero-order chi connectivity index (χ0) is 36.6. The van der Waals surface area contributed by atoms with Crippen LogP contribution in [0.3, 0.4) is 0 Å². The van der Waals surface area contributed by atoms with Gasteiger partial charge >= 0.3 is 12.2 Å². The summed E-state index contributed by atoms with van der Waals surface area (Å²) in [7, 11) is 0. The highest BCUT2D eigenvalue weighted by molar-refractivity contribution is 5.82. The summed E-state index contributed by atoms with van der Waals surface area (Å²) in [6.07, 6.45) is 7.31. The maximum Gasteiger partial charge on any atom is 0.414 e. The first kappa shape index (κ1) is 34.8. The van der Waals surface area contributed by atoms with Crippen molar-refractivity contribution in [1.29, 1.82) is 0 Å². The molecule has 7 rings (SSSR count). The van der Waals surface area contributed by atoms with Crippen molar-refractivity contribution in [2.24, 2.45) is 0 Å². The summed E-state index contributed by atoms with van der Waals surface area (Å²) in [5.74, 6) is 1.39. The van der Waals surface area contributed by atoms with Crippen LogP contribution in [0.15, 0.2) is 97.3 Å². The van der Waals surface area contributed by atoms with Crippen LogP contribution in [0.25, 0.3) is 39.3 Å². The molecule has 2 aromatic heterocycles. The fourth-order valence-corrected chi connectivity index (χ4v) is 6.88. The number of amides is 2. The second kappa shape index (κ2) is 13.8. The molecule has 0 bridgehead atoms. The highest BCUT2D eigenvalue weighted by Crippen LogP contribution is 2.44. The Kier molecular flexibility index (Phi) is 9.25. The molecule has 5 aromatic rings. The number of rotatable bonds is 6. The van der Waals surface area contributed by atoms with Gasteiger partial charge in [-0.05, 0) is 88.6 Å². The molecule has 2 amide bonds. The average Bonchev–Trinajstić information content (AvgIpc) is 3.93. The maximum absolute atomic E-state index is 13.5. The van der Waals surface area contributed by atoms with E-state index in [0.717, 1.165) is 70.0 Å². The monoisotopic (exact) mass is 698 g/mol. The molecule has 2 N–H and O–H groups in total. The molecule has 0 aliphatic carbocycles.